The summed E-state index contributed by atoms with van der Waals surface area (Å²) in [6, 6.07) is 3.49. The van der Waals surface area contributed by atoms with Crippen molar-refractivity contribution in [1.29, 1.82) is 0 Å². The number of nitrogens with one attached hydrogen (secondary N) is 1. The number of hydrogen-bond acceptors (Lipinski definition) is 7. The normalized spacial score (nSPS) is 23.4. The highest BCUT2D eigenvalue weighted by Crippen LogP contribution is 2.38. The molecule has 10 heteroatoms. The quantitative estimate of drug-likeness (QED) is 0.640. The summed E-state index contributed by atoms with van der Waals surface area (Å²) in [5.74, 6) is -0.571. The molecule has 1 unspecified atom stereocenters. The van der Waals surface area contributed by atoms with Crippen molar-refractivity contribution in [2.24, 2.45) is 0 Å². The Balaban J connectivity index is 1.60. The summed E-state index contributed by atoms with van der Waals surface area (Å²) in [4.78, 5) is 9.48. The second-order valence-electron chi connectivity index (χ2n) is 7.83. The number of halogens is 1. The maximum Gasteiger partial charge on any atom is 0.249 e. The minimum absolute atomic E-state index is 0.174. The number of aromatic nitrogens is 3. The van der Waals surface area contributed by atoms with E-state index < -0.39 is 26.2 Å². The Morgan fingerprint density at radius 1 is 1.30 bits per heavy atom. The summed E-state index contributed by atoms with van der Waals surface area (Å²) >= 11 is 1.37. The molecule has 1 aliphatic heterocycles. The molecule has 2 aliphatic rings. The molecule has 3 aromatic rings. The Kier molecular flexibility index (Phi) is 4.27. The lowest BCUT2D eigenvalue weighted by molar-refractivity contribution is -0.0148. The minimum Gasteiger partial charge on any atom is -0.380 e. The van der Waals surface area contributed by atoms with Crippen molar-refractivity contribution < 1.29 is 17.9 Å². The second kappa shape index (κ2) is 6.55. The fourth-order valence-electron chi connectivity index (χ4n) is 3.76. The van der Waals surface area contributed by atoms with Crippen molar-refractivity contribution >= 4 is 32.4 Å². The van der Waals surface area contributed by atoms with Gasteiger partial charge in [-0.15, -0.1) is 11.3 Å². The number of pyridine rings is 1. The molecule has 1 aliphatic carbocycles. The van der Waals surface area contributed by atoms with Gasteiger partial charge in [0, 0.05) is 42.6 Å². The van der Waals surface area contributed by atoms with E-state index in [0.717, 1.165) is 20.5 Å². The number of thiazole rings is 1. The monoisotopic (exact) mass is 446 g/mol. The lowest BCUT2D eigenvalue weighted by Gasteiger charge is -2.35. The van der Waals surface area contributed by atoms with E-state index in [1.165, 1.54) is 36.6 Å². The molecule has 30 heavy (non-hydrogen) atoms. The maximum absolute atomic E-state index is 13.8. The zero-order chi connectivity index (χ0) is 21.1. The van der Waals surface area contributed by atoms with Gasteiger partial charge in [-0.1, -0.05) is 6.08 Å². The van der Waals surface area contributed by atoms with Crippen LogP contribution in [-0.4, -0.2) is 45.3 Å². The lowest BCUT2D eigenvalue weighted by Crippen LogP contribution is -2.56. The van der Waals surface area contributed by atoms with E-state index in [1.54, 1.807) is 24.5 Å². The van der Waals surface area contributed by atoms with Gasteiger partial charge < -0.3 is 10.4 Å². The van der Waals surface area contributed by atoms with Gasteiger partial charge in [0.2, 0.25) is 10.0 Å². The molecule has 0 aromatic carbocycles. The van der Waals surface area contributed by atoms with Gasteiger partial charge in [0.25, 0.3) is 0 Å². The van der Waals surface area contributed by atoms with Gasteiger partial charge in [-0.2, -0.15) is 0 Å². The summed E-state index contributed by atoms with van der Waals surface area (Å²) in [6.07, 6.45) is 8.79. The van der Waals surface area contributed by atoms with Crippen LogP contribution in [0.1, 0.15) is 18.4 Å². The number of rotatable bonds is 4. The number of β-amino-alcohol motifs (C(OH)–C–C–N with tert-alkyl or cyclic N) is 1. The fourth-order valence-corrected chi connectivity index (χ4v) is 6.41. The van der Waals surface area contributed by atoms with Crippen LogP contribution in [0, 0.1) is 0 Å². The summed E-state index contributed by atoms with van der Waals surface area (Å²) in [6.45, 7) is 2.42. The topological polar surface area (TPSA) is 97.1 Å². The van der Waals surface area contributed by atoms with E-state index >= 15 is 0 Å². The standard InChI is InChI=1S/C20H19FN4O3S2/c1-19(6-2-3-13(21)9-19)30(27,28)25-8-5-15-14(4-7-23-17(15)25)16-10-24-18(29-16)20(26)11-22-12-20/h2-5,7-10,22,26H,6,11-12H2,1H3. The molecule has 4 heterocycles. The number of allylic oxidation sites excluding steroid dienone is 3. The van der Waals surface area contributed by atoms with Gasteiger partial charge in [0.1, 0.15) is 21.2 Å². The first kappa shape index (κ1) is 19.6. The van der Waals surface area contributed by atoms with Crippen molar-refractivity contribution in [3.63, 3.8) is 0 Å². The van der Waals surface area contributed by atoms with Crippen molar-refractivity contribution in [3.8, 4) is 10.4 Å². The van der Waals surface area contributed by atoms with E-state index in [0.29, 0.717) is 23.5 Å². The third kappa shape index (κ3) is 2.78. The lowest BCUT2D eigenvalue weighted by atomic mass is 9.99. The number of fused-ring (bicyclic) bond motifs is 1. The molecule has 3 aromatic heterocycles. The summed E-state index contributed by atoms with van der Waals surface area (Å²) in [5.41, 5.74) is 0.101. The number of hydrogen-bond donors (Lipinski definition) is 2. The molecule has 0 spiro atoms. The van der Waals surface area contributed by atoms with Gasteiger partial charge in [0.15, 0.2) is 5.65 Å². The highest BCUT2D eigenvalue weighted by molar-refractivity contribution is 7.91. The first-order valence-corrected chi connectivity index (χ1v) is 11.7. The van der Waals surface area contributed by atoms with Crippen molar-refractivity contribution in [2.45, 2.75) is 23.7 Å². The average molecular weight is 447 g/mol. The van der Waals surface area contributed by atoms with Gasteiger partial charge in [-0.25, -0.2) is 26.7 Å². The van der Waals surface area contributed by atoms with Gasteiger partial charge in [0.05, 0.1) is 4.88 Å². The van der Waals surface area contributed by atoms with Crippen molar-refractivity contribution in [2.75, 3.05) is 13.1 Å². The third-order valence-corrected chi connectivity index (χ3v) is 9.15. The first-order chi connectivity index (χ1) is 14.2. The Morgan fingerprint density at radius 3 is 2.80 bits per heavy atom. The highest BCUT2D eigenvalue weighted by atomic mass is 32.2. The summed E-state index contributed by atoms with van der Waals surface area (Å²) < 4.78 is 40.3. The molecule has 156 valence electrons. The van der Waals surface area contributed by atoms with E-state index in [9.17, 15) is 17.9 Å². The van der Waals surface area contributed by atoms with Crippen LogP contribution in [0.4, 0.5) is 4.39 Å². The predicted molar refractivity (Wildman–Crippen MR) is 113 cm³/mol. The predicted octanol–water partition coefficient (Wildman–Crippen LogP) is 2.70. The third-order valence-electron chi connectivity index (χ3n) is 5.65. The first-order valence-electron chi connectivity index (χ1n) is 9.39. The largest absolute Gasteiger partial charge is 0.380 e. The Morgan fingerprint density at radius 2 is 2.10 bits per heavy atom. The molecule has 1 atom stereocenters. The molecule has 0 saturated carbocycles. The molecule has 0 radical (unpaired) electrons. The molecule has 5 rings (SSSR count). The zero-order valence-corrected chi connectivity index (χ0v) is 17.7. The van der Waals surface area contributed by atoms with Crippen LogP contribution in [0.15, 0.2) is 54.8 Å². The Bertz CT molecular complexity index is 1320. The van der Waals surface area contributed by atoms with Crippen LogP contribution in [0.2, 0.25) is 0 Å². The number of nitrogens with zero attached hydrogens (tertiary/aromatic N) is 3. The highest BCUT2D eigenvalue weighted by Gasteiger charge is 2.41. The van der Waals surface area contributed by atoms with Crippen LogP contribution in [0.5, 0.6) is 0 Å². The second-order valence-corrected chi connectivity index (χ2v) is 11.1. The van der Waals surface area contributed by atoms with Gasteiger partial charge >= 0.3 is 0 Å². The SMILES string of the molecule is CC1(S(=O)(=O)n2ccc3c(-c4cnc(C5(O)CNC5)s4)ccnc32)C=C(F)C=CC1. The van der Waals surface area contributed by atoms with Crippen LogP contribution in [0.25, 0.3) is 21.5 Å². The van der Waals surface area contributed by atoms with Crippen LogP contribution in [0.3, 0.4) is 0 Å². The molecule has 0 bridgehead atoms. The molecule has 0 amide bonds. The van der Waals surface area contributed by atoms with E-state index in [4.69, 9.17) is 0 Å². The summed E-state index contributed by atoms with van der Waals surface area (Å²) in [7, 11) is -3.96. The molecular formula is C20H19FN4O3S2. The molecule has 1 fully saturated rings. The number of aliphatic hydroxyl groups is 1. The maximum atomic E-state index is 13.8. The zero-order valence-electron chi connectivity index (χ0n) is 16.0. The molecule has 1 saturated heterocycles. The smallest absolute Gasteiger partial charge is 0.249 e. The van der Waals surface area contributed by atoms with Crippen LogP contribution in [-0.2, 0) is 15.6 Å². The molecule has 2 N–H and O–H groups in total. The van der Waals surface area contributed by atoms with Gasteiger partial charge in [-0.05, 0) is 37.6 Å². The average Bonchev–Trinajstić information content (AvgIpc) is 3.33. The van der Waals surface area contributed by atoms with Crippen molar-refractivity contribution in [3.05, 3.63) is 59.8 Å². The Labute approximate surface area is 176 Å². The van der Waals surface area contributed by atoms with Crippen LogP contribution >= 0.6 is 11.3 Å². The van der Waals surface area contributed by atoms with Gasteiger partial charge in [-0.3, -0.25) is 0 Å². The Hall–Kier alpha value is -2.40. The van der Waals surface area contributed by atoms with E-state index in [1.807, 2.05) is 0 Å². The van der Waals surface area contributed by atoms with Crippen molar-refractivity contribution in [1.82, 2.24) is 19.3 Å². The van der Waals surface area contributed by atoms with E-state index in [2.05, 4.69) is 15.3 Å². The fraction of sp³-hybridized carbons (Fsp3) is 0.300. The van der Waals surface area contributed by atoms with E-state index in [-0.39, 0.29) is 12.1 Å². The summed E-state index contributed by atoms with van der Waals surface area (Å²) in [5, 5.41) is 14.8. The minimum atomic E-state index is -3.96. The molecular weight excluding hydrogens is 427 g/mol. The van der Waals surface area contributed by atoms with Crippen LogP contribution < -0.4 is 5.32 Å². The molecule has 7 nitrogen and oxygen atoms in total.